The topological polar surface area (TPSA) is 83.6 Å². The molecule has 2 aromatic carbocycles. The van der Waals surface area contributed by atoms with Gasteiger partial charge in [-0.05, 0) is 90.0 Å². The number of ether oxygens (including phenoxy) is 1. The summed E-state index contributed by atoms with van der Waals surface area (Å²) in [7, 11) is 0. The van der Waals surface area contributed by atoms with Crippen molar-refractivity contribution in [1.29, 1.82) is 0 Å². The fourth-order valence-electron chi connectivity index (χ4n) is 3.68. The summed E-state index contributed by atoms with van der Waals surface area (Å²) >= 11 is 0. The largest absolute Gasteiger partial charge is 0.492 e. The summed E-state index contributed by atoms with van der Waals surface area (Å²) in [5.41, 5.74) is 5.60. The van der Waals surface area contributed by atoms with Crippen molar-refractivity contribution in [3.05, 3.63) is 60.3 Å². The molecule has 0 amide bonds. The van der Waals surface area contributed by atoms with Gasteiger partial charge in [-0.1, -0.05) is 6.07 Å². The Kier molecular flexibility index (Phi) is 8.05. The second-order valence-corrected chi connectivity index (χ2v) is 9.88. The minimum atomic E-state index is -0.148. The van der Waals surface area contributed by atoms with Crippen molar-refractivity contribution in [2.45, 2.75) is 46.1 Å². The molecule has 3 N–H and O–H groups in total. The summed E-state index contributed by atoms with van der Waals surface area (Å²) < 4.78 is 5.89. The summed E-state index contributed by atoms with van der Waals surface area (Å²) in [4.78, 5) is 17.2. The zero-order valence-corrected chi connectivity index (χ0v) is 21.1. The Labute approximate surface area is 208 Å². The highest BCUT2D eigenvalue weighted by Crippen LogP contribution is 2.24. The Hall–Kier alpha value is -3.36. The summed E-state index contributed by atoms with van der Waals surface area (Å²) in [6.07, 6.45) is 4.40. The Morgan fingerprint density at radius 3 is 2.46 bits per heavy atom. The Morgan fingerprint density at radius 1 is 0.943 bits per heavy atom. The quantitative estimate of drug-likeness (QED) is 0.334. The van der Waals surface area contributed by atoms with Crippen LogP contribution in [0.25, 0.3) is 0 Å². The molecule has 0 spiro atoms. The van der Waals surface area contributed by atoms with Gasteiger partial charge in [0.05, 0.1) is 0 Å². The van der Waals surface area contributed by atoms with Gasteiger partial charge in [0.15, 0.2) is 0 Å². The third-order valence-electron chi connectivity index (χ3n) is 5.53. The third-order valence-corrected chi connectivity index (χ3v) is 5.53. The van der Waals surface area contributed by atoms with Crippen LogP contribution in [0.2, 0.25) is 0 Å². The van der Waals surface area contributed by atoms with Gasteiger partial charge in [0, 0.05) is 41.3 Å². The summed E-state index contributed by atoms with van der Waals surface area (Å²) in [6.45, 7) is 12.2. The van der Waals surface area contributed by atoms with Crippen LogP contribution < -0.4 is 25.7 Å². The molecule has 4 rings (SSSR count). The number of hydroxylamine groups is 1. The summed E-state index contributed by atoms with van der Waals surface area (Å²) in [5, 5.41) is 6.64. The molecule has 35 heavy (non-hydrogen) atoms. The van der Waals surface area contributed by atoms with Crippen LogP contribution >= 0.6 is 0 Å². The van der Waals surface area contributed by atoms with Crippen LogP contribution in [0.5, 0.6) is 11.5 Å². The first-order valence-corrected chi connectivity index (χ1v) is 12.2. The number of likely N-dealkylation sites (tertiary alicyclic amines) is 1. The van der Waals surface area contributed by atoms with Crippen LogP contribution in [-0.2, 0) is 0 Å². The maximum absolute atomic E-state index is 5.89. The number of nitrogens with one attached hydrogen (secondary N) is 3. The molecule has 0 radical (unpaired) electrons. The predicted molar refractivity (Wildman–Crippen MR) is 141 cm³/mol. The molecule has 0 unspecified atom stereocenters. The van der Waals surface area contributed by atoms with E-state index in [-0.39, 0.29) is 5.54 Å². The standard InChI is InChI=1S/C27H36N6O2/c1-20-19-28-26(30-21-10-12-23(13-11-21)34-17-16-33-14-5-6-15-33)31-25(20)29-22-8-7-9-24(18-22)35-32-27(2,3)4/h7-13,18-19,32H,5-6,14-17H2,1-4H3,(H2,28,29,30,31). The van der Waals surface area contributed by atoms with Gasteiger partial charge in [-0.15, -0.1) is 0 Å². The first-order valence-electron chi connectivity index (χ1n) is 12.2. The maximum Gasteiger partial charge on any atom is 0.229 e. The van der Waals surface area contributed by atoms with E-state index in [1.807, 2.05) is 76.2 Å². The Morgan fingerprint density at radius 2 is 1.71 bits per heavy atom. The highest BCUT2D eigenvalue weighted by atomic mass is 16.6. The third kappa shape index (κ3) is 7.83. The van der Waals surface area contributed by atoms with E-state index in [4.69, 9.17) is 9.57 Å². The molecule has 1 aliphatic rings. The minimum Gasteiger partial charge on any atom is -0.492 e. The van der Waals surface area contributed by atoms with E-state index >= 15 is 0 Å². The lowest BCUT2D eigenvalue weighted by Crippen LogP contribution is -2.38. The number of rotatable bonds is 10. The summed E-state index contributed by atoms with van der Waals surface area (Å²) in [6, 6.07) is 15.6. The van der Waals surface area contributed by atoms with Gasteiger partial charge in [-0.3, -0.25) is 4.90 Å². The van der Waals surface area contributed by atoms with Crippen molar-refractivity contribution in [2.24, 2.45) is 0 Å². The number of hydrogen-bond donors (Lipinski definition) is 3. The molecule has 2 heterocycles. The van der Waals surface area contributed by atoms with Crippen LogP contribution in [-0.4, -0.2) is 46.6 Å². The average molecular weight is 477 g/mol. The molecule has 186 valence electrons. The van der Waals surface area contributed by atoms with Gasteiger partial charge >= 0.3 is 0 Å². The number of anilines is 4. The van der Waals surface area contributed by atoms with Crippen molar-refractivity contribution in [1.82, 2.24) is 20.3 Å². The first-order chi connectivity index (χ1) is 16.8. The van der Waals surface area contributed by atoms with Gasteiger partial charge < -0.3 is 20.2 Å². The molecule has 3 aromatic rings. The highest BCUT2D eigenvalue weighted by molar-refractivity contribution is 5.63. The zero-order chi connectivity index (χ0) is 24.7. The molecule has 0 aliphatic carbocycles. The monoisotopic (exact) mass is 476 g/mol. The van der Waals surface area contributed by atoms with E-state index in [0.717, 1.165) is 40.8 Å². The van der Waals surface area contributed by atoms with E-state index in [2.05, 4.69) is 31.0 Å². The van der Waals surface area contributed by atoms with E-state index in [9.17, 15) is 0 Å². The number of aryl methyl sites for hydroxylation is 1. The molecule has 1 aromatic heterocycles. The van der Waals surface area contributed by atoms with E-state index < -0.39 is 0 Å². The number of benzene rings is 2. The molecule has 1 aliphatic heterocycles. The predicted octanol–water partition coefficient (Wildman–Crippen LogP) is 5.43. The van der Waals surface area contributed by atoms with Crippen LogP contribution in [0.3, 0.4) is 0 Å². The van der Waals surface area contributed by atoms with Gasteiger partial charge in [-0.25, -0.2) is 4.98 Å². The molecule has 0 saturated carbocycles. The van der Waals surface area contributed by atoms with E-state index in [1.165, 1.54) is 25.9 Å². The summed E-state index contributed by atoms with van der Waals surface area (Å²) in [5.74, 6) is 2.83. The van der Waals surface area contributed by atoms with E-state index in [0.29, 0.717) is 12.6 Å². The SMILES string of the molecule is Cc1cnc(Nc2ccc(OCCN3CCCC3)cc2)nc1Nc1cccc(ONC(C)(C)C)c1. The molecule has 8 nitrogen and oxygen atoms in total. The Balaban J connectivity index is 1.34. The molecule has 0 atom stereocenters. The van der Waals surface area contributed by atoms with Crippen molar-refractivity contribution < 1.29 is 9.57 Å². The van der Waals surface area contributed by atoms with Gasteiger partial charge in [-0.2, -0.15) is 10.5 Å². The fraction of sp³-hybridized carbons (Fsp3) is 0.407. The van der Waals surface area contributed by atoms with Crippen LogP contribution in [0.1, 0.15) is 39.2 Å². The smallest absolute Gasteiger partial charge is 0.229 e. The molecular formula is C27H36N6O2. The zero-order valence-electron chi connectivity index (χ0n) is 21.1. The normalized spacial score (nSPS) is 14.1. The fourth-order valence-corrected chi connectivity index (χ4v) is 3.68. The van der Waals surface area contributed by atoms with Crippen molar-refractivity contribution in [3.8, 4) is 11.5 Å². The minimum absolute atomic E-state index is 0.148. The molecular weight excluding hydrogens is 440 g/mol. The second kappa shape index (κ2) is 11.4. The molecule has 1 saturated heterocycles. The second-order valence-electron chi connectivity index (χ2n) is 9.88. The van der Waals surface area contributed by atoms with Crippen molar-refractivity contribution >= 4 is 23.1 Å². The average Bonchev–Trinajstić information content (AvgIpc) is 3.35. The van der Waals surface area contributed by atoms with Crippen LogP contribution in [0.15, 0.2) is 54.7 Å². The highest BCUT2D eigenvalue weighted by Gasteiger charge is 2.12. The van der Waals surface area contributed by atoms with Crippen LogP contribution in [0.4, 0.5) is 23.1 Å². The first kappa shape index (κ1) is 24.8. The van der Waals surface area contributed by atoms with Crippen molar-refractivity contribution in [3.63, 3.8) is 0 Å². The van der Waals surface area contributed by atoms with Crippen molar-refractivity contribution in [2.75, 3.05) is 36.9 Å². The number of nitrogens with zero attached hydrogens (tertiary/aromatic N) is 3. The van der Waals surface area contributed by atoms with Gasteiger partial charge in [0.2, 0.25) is 5.95 Å². The van der Waals surface area contributed by atoms with Crippen LogP contribution in [0, 0.1) is 6.92 Å². The number of aromatic nitrogens is 2. The van der Waals surface area contributed by atoms with Gasteiger partial charge in [0.1, 0.15) is 23.9 Å². The lowest BCUT2D eigenvalue weighted by atomic mass is 10.1. The van der Waals surface area contributed by atoms with Gasteiger partial charge in [0.25, 0.3) is 0 Å². The lowest BCUT2D eigenvalue weighted by Gasteiger charge is -2.20. The Bertz CT molecular complexity index is 1090. The molecule has 8 heteroatoms. The lowest BCUT2D eigenvalue weighted by molar-refractivity contribution is 0.119. The van der Waals surface area contributed by atoms with E-state index in [1.54, 1.807) is 6.20 Å². The molecule has 1 fully saturated rings. The number of hydrogen-bond acceptors (Lipinski definition) is 8. The maximum atomic E-state index is 5.89. The molecule has 0 bridgehead atoms.